The second-order valence-electron chi connectivity index (χ2n) is 4.52. The maximum Gasteiger partial charge on any atom is 0.280 e. The molecular formula is C16H11BrN2O2. The summed E-state index contributed by atoms with van der Waals surface area (Å²) in [5, 5.41) is 1.02. The Hall–Kier alpha value is -2.40. The van der Waals surface area contributed by atoms with Crippen LogP contribution < -0.4 is 5.43 Å². The fourth-order valence-electron chi connectivity index (χ4n) is 2.05. The number of nitrogens with zero attached hydrogens (tertiary/aromatic N) is 1. The number of amides is 2. The number of nitrogens with one attached hydrogen (secondary N) is 1. The number of anilines is 1. The number of carbonyl (C=O) groups excluding carboxylic acids is 2. The van der Waals surface area contributed by atoms with E-state index in [2.05, 4.69) is 21.4 Å². The number of benzene rings is 2. The van der Waals surface area contributed by atoms with Crippen LogP contribution in [0.2, 0.25) is 0 Å². The van der Waals surface area contributed by atoms with Gasteiger partial charge in [-0.3, -0.25) is 15.0 Å². The summed E-state index contributed by atoms with van der Waals surface area (Å²) in [6.07, 6.45) is 1.35. The van der Waals surface area contributed by atoms with Crippen molar-refractivity contribution >= 4 is 39.0 Å². The van der Waals surface area contributed by atoms with Crippen molar-refractivity contribution in [1.29, 1.82) is 0 Å². The molecule has 0 unspecified atom stereocenters. The van der Waals surface area contributed by atoms with Crippen molar-refractivity contribution in [2.45, 2.75) is 0 Å². The summed E-state index contributed by atoms with van der Waals surface area (Å²) in [5.74, 6) is -0.729. The molecular weight excluding hydrogens is 332 g/mol. The third-order valence-electron chi connectivity index (χ3n) is 3.09. The first-order valence-corrected chi connectivity index (χ1v) is 7.12. The Morgan fingerprint density at radius 3 is 2.24 bits per heavy atom. The molecule has 2 aromatic carbocycles. The predicted octanol–water partition coefficient (Wildman–Crippen LogP) is 3.23. The van der Waals surface area contributed by atoms with Crippen molar-refractivity contribution in [3.8, 4) is 0 Å². The molecule has 0 spiro atoms. The fourth-order valence-corrected chi connectivity index (χ4v) is 2.32. The van der Waals surface area contributed by atoms with Gasteiger partial charge in [0.15, 0.2) is 0 Å². The molecule has 5 heteroatoms. The highest BCUT2D eigenvalue weighted by Crippen LogP contribution is 2.25. The molecule has 1 N–H and O–H groups in total. The van der Waals surface area contributed by atoms with E-state index in [1.54, 1.807) is 24.3 Å². The van der Waals surface area contributed by atoms with E-state index >= 15 is 0 Å². The smallest absolute Gasteiger partial charge is 0.280 e. The van der Waals surface area contributed by atoms with E-state index < -0.39 is 0 Å². The minimum Gasteiger partial charge on any atom is -0.288 e. The quantitative estimate of drug-likeness (QED) is 0.871. The van der Waals surface area contributed by atoms with E-state index in [9.17, 15) is 9.59 Å². The summed E-state index contributed by atoms with van der Waals surface area (Å²) < 4.78 is 0.919. The fraction of sp³-hybridized carbons (Fsp3) is 0. The Labute approximate surface area is 130 Å². The maximum atomic E-state index is 12.4. The van der Waals surface area contributed by atoms with Gasteiger partial charge in [0.1, 0.15) is 0 Å². The lowest BCUT2D eigenvalue weighted by atomic mass is 10.1. The lowest BCUT2D eigenvalue weighted by Gasteiger charge is -2.17. The Morgan fingerprint density at radius 2 is 1.57 bits per heavy atom. The minimum atomic E-state index is -0.373. The molecule has 1 aliphatic heterocycles. The van der Waals surface area contributed by atoms with E-state index in [0.29, 0.717) is 16.8 Å². The number of halogens is 1. The first-order valence-electron chi connectivity index (χ1n) is 6.33. The van der Waals surface area contributed by atoms with Gasteiger partial charge >= 0.3 is 0 Å². The molecule has 2 amide bonds. The molecule has 0 aromatic heterocycles. The highest BCUT2D eigenvalue weighted by Gasteiger charge is 2.32. The summed E-state index contributed by atoms with van der Waals surface area (Å²) >= 11 is 3.34. The maximum absolute atomic E-state index is 12.4. The van der Waals surface area contributed by atoms with Crippen LogP contribution in [-0.2, 0) is 9.59 Å². The summed E-state index contributed by atoms with van der Waals surface area (Å²) in [4.78, 5) is 24.4. The second-order valence-corrected chi connectivity index (χ2v) is 5.44. The van der Waals surface area contributed by atoms with Crippen molar-refractivity contribution in [3.05, 3.63) is 70.7 Å². The molecule has 21 heavy (non-hydrogen) atoms. The van der Waals surface area contributed by atoms with Crippen LogP contribution in [0.25, 0.3) is 5.57 Å². The highest BCUT2D eigenvalue weighted by molar-refractivity contribution is 9.10. The SMILES string of the molecule is O=C1C=C(c2ccc(Br)cc2)C(=O)N1Nc1ccccc1. The van der Waals surface area contributed by atoms with Crippen molar-refractivity contribution < 1.29 is 9.59 Å². The largest absolute Gasteiger partial charge is 0.288 e. The number of hydrazine groups is 1. The lowest BCUT2D eigenvalue weighted by molar-refractivity contribution is -0.134. The molecule has 3 rings (SSSR count). The number of rotatable bonds is 3. The molecule has 104 valence electrons. The van der Waals surface area contributed by atoms with E-state index in [-0.39, 0.29) is 11.8 Å². The van der Waals surface area contributed by atoms with Gasteiger partial charge in [-0.05, 0) is 29.8 Å². The summed E-state index contributed by atoms with van der Waals surface area (Å²) in [5.41, 5.74) is 4.61. The third-order valence-corrected chi connectivity index (χ3v) is 3.62. The monoisotopic (exact) mass is 342 g/mol. The van der Waals surface area contributed by atoms with E-state index in [1.807, 2.05) is 30.3 Å². The van der Waals surface area contributed by atoms with Crippen molar-refractivity contribution in [1.82, 2.24) is 5.01 Å². The molecule has 1 heterocycles. The molecule has 0 aliphatic carbocycles. The standard InChI is InChI=1S/C16H11BrN2O2/c17-12-8-6-11(7-9-12)14-10-15(20)19(16(14)21)18-13-4-2-1-3-5-13/h1-10,18H. The Morgan fingerprint density at radius 1 is 0.905 bits per heavy atom. The minimum absolute atomic E-state index is 0.355. The van der Waals surface area contributed by atoms with Gasteiger partial charge in [-0.2, -0.15) is 5.01 Å². The average molecular weight is 343 g/mol. The van der Waals surface area contributed by atoms with E-state index in [1.165, 1.54) is 6.08 Å². The van der Waals surface area contributed by atoms with Crippen LogP contribution >= 0.6 is 15.9 Å². The average Bonchev–Trinajstić information content (AvgIpc) is 2.77. The molecule has 0 saturated carbocycles. The number of carbonyl (C=O) groups is 2. The molecule has 0 fully saturated rings. The highest BCUT2D eigenvalue weighted by atomic mass is 79.9. The van der Waals surface area contributed by atoms with Gasteiger partial charge in [-0.15, -0.1) is 0 Å². The summed E-state index contributed by atoms with van der Waals surface area (Å²) in [7, 11) is 0. The second kappa shape index (κ2) is 5.54. The zero-order chi connectivity index (χ0) is 14.8. The molecule has 0 bridgehead atoms. The zero-order valence-electron chi connectivity index (χ0n) is 10.9. The topological polar surface area (TPSA) is 49.4 Å². The Balaban J connectivity index is 1.84. The summed E-state index contributed by atoms with van der Waals surface area (Å²) in [6.45, 7) is 0. The molecule has 0 atom stereocenters. The van der Waals surface area contributed by atoms with Gasteiger partial charge in [-0.1, -0.05) is 46.3 Å². The first kappa shape index (κ1) is 13.6. The van der Waals surface area contributed by atoms with Gasteiger partial charge in [0.05, 0.1) is 11.3 Å². The van der Waals surface area contributed by atoms with Gasteiger partial charge in [-0.25, -0.2) is 0 Å². The van der Waals surface area contributed by atoms with E-state index in [0.717, 1.165) is 9.48 Å². The van der Waals surface area contributed by atoms with Crippen molar-refractivity contribution in [2.24, 2.45) is 0 Å². The molecule has 0 radical (unpaired) electrons. The van der Waals surface area contributed by atoms with Crippen LogP contribution in [0.1, 0.15) is 5.56 Å². The normalized spacial score (nSPS) is 14.3. The summed E-state index contributed by atoms with van der Waals surface area (Å²) in [6, 6.07) is 16.4. The first-order chi connectivity index (χ1) is 10.1. The Bertz CT molecular complexity index is 724. The molecule has 1 aliphatic rings. The van der Waals surface area contributed by atoms with Crippen LogP contribution in [-0.4, -0.2) is 16.8 Å². The third kappa shape index (κ3) is 2.73. The van der Waals surface area contributed by atoms with Crippen LogP contribution in [0.4, 0.5) is 5.69 Å². The van der Waals surface area contributed by atoms with Crippen LogP contribution in [0, 0.1) is 0 Å². The molecule has 4 nitrogen and oxygen atoms in total. The van der Waals surface area contributed by atoms with Crippen LogP contribution in [0.5, 0.6) is 0 Å². The number of hydrogen-bond donors (Lipinski definition) is 1. The number of para-hydroxylation sites is 1. The van der Waals surface area contributed by atoms with Crippen LogP contribution in [0.3, 0.4) is 0 Å². The van der Waals surface area contributed by atoms with Crippen LogP contribution in [0.15, 0.2) is 65.1 Å². The number of imide groups is 1. The van der Waals surface area contributed by atoms with Crippen molar-refractivity contribution in [3.63, 3.8) is 0 Å². The van der Waals surface area contributed by atoms with Gasteiger partial charge < -0.3 is 0 Å². The Kier molecular flexibility index (Phi) is 3.58. The van der Waals surface area contributed by atoms with Gasteiger partial charge in [0.2, 0.25) is 0 Å². The van der Waals surface area contributed by atoms with Gasteiger partial charge in [0, 0.05) is 10.5 Å². The van der Waals surface area contributed by atoms with Gasteiger partial charge in [0.25, 0.3) is 11.8 Å². The predicted molar refractivity (Wildman–Crippen MR) is 84.0 cm³/mol. The molecule has 2 aromatic rings. The van der Waals surface area contributed by atoms with E-state index in [4.69, 9.17) is 0 Å². The molecule has 0 saturated heterocycles. The zero-order valence-corrected chi connectivity index (χ0v) is 12.5. The lowest BCUT2D eigenvalue weighted by Crippen LogP contribution is -2.36. The number of hydrogen-bond acceptors (Lipinski definition) is 3. The van der Waals surface area contributed by atoms with Crippen molar-refractivity contribution in [2.75, 3.05) is 5.43 Å².